The number of hydrogen-bond acceptors (Lipinski definition) is 3. The van der Waals surface area contributed by atoms with Crippen LogP contribution in [0.3, 0.4) is 0 Å². The Morgan fingerprint density at radius 3 is 2.62 bits per heavy atom. The zero-order chi connectivity index (χ0) is 15.4. The summed E-state index contributed by atoms with van der Waals surface area (Å²) in [7, 11) is 0. The van der Waals surface area contributed by atoms with Gasteiger partial charge in [0.25, 0.3) is 0 Å². The maximum absolute atomic E-state index is 12.1. The molecule has 1 aromatic rings. The predicted octanol–water partition coefficient (Wildman–Crippen LogP) is 2.84. The molecule has 1 amide bonds. The average Bonchev–Trinajstić information content (AvgIpc) is 2.48. The number of amides is 1. The number of nitrogens with zero attached hydrogens (tertiary/aromatic N) is 1. The number of benzene rings is 1. The lowest BCUT2D eigenvalue weighted by atomic mass is 9.97. The molecule has 1 fully saturated rings. The van der Waals surface area contributed by atoms with Gasteiger partial charge in [0.2, 0.25) is 5.91 Å². The summed E-state index contributed by atoms with van der Waals surface area (Å²) < 4.78 is 0.767. The standard InChI is InChI=1S/C14H16BrClN2O3/c15-11-7-10(1-2-12(11)16)17-8-13(19)18-5-3-9(4-6-18)14(20)21/h1-2,7,9,17H,3-6,8H2,(H,20,21). The van der Waals surface area contributed by atoms with Crippen molar-refractivity contribution in [1.82, 2.24) is 4.90 Å². The van der Waals surface area contributed by atoms with Crippen LogP contribution in [0.15, 0.2) is 22.7 Å². The van der Waals surface area contributed by atoms with Gasteiger partial charge in [-0.2, -0.15) is 0 Å². The summed E-state index contributed by atoms with van der Waals surface area (Å²) >= 11 is 9.23. The Bertz CT molecular complexity index is 545. The lowest BCUT2D eigenvalue weighted by Gasteiger charge is -2.30. The minimum Gasteiger partial charge on any atom is -0.481 e. The van der Waals surface area contributed by atoms with E-state index in [1.807, 2.05) is 6.07 Å². The van der Waals surface area contributed by atoms with Crippen LogP contribution < -0.4 is 5.32 Å². The lowest BCUT2D eigenvalue weighted by molar-refractivity contribution is -0.145. The van der Waals surface area contributed by atoms with E-state index >= 15 is 0 Å². The monoisotopic (exact) mass is 374 g/mol. The van der Waals surface area contributed by atoms with Gasteiger partial charge in [-0.3, -0.25) is 9.59 Å². The van der Waals surface area contributed by atoms with Gasteiger partial charge < -0.3 is 15.3 Å². The molecule has 7 heteroatoms. The number of aliphatic carboxylic acids is 1. The van der Waals surface area contributed by atoms with Crippen molar-refractivity contribution in [1.29, 1.82) is 0 Å². The van der Waals surface area contributed by atoms with Crippen LogP contribution in [0, 0.1) is 5.92 Å². The second kappa shape index (κ2) is 7.13. The smallest absolute Gasteiger partial charge is 0.306 e. The van der Waals surface area contributed by atoms with Gasteiger partial charge in [0, 0.05) is 23.2 Å². The van der Waals surface area contributed by atoms with Crippen molar-refractivity contribution < 1.29 is 14.7 Å². The maximum Gasteiger partial charge on any atom is 0.306 e. The predicted molar refractivity (Wildman–Crippen MR) is 84.6 cm³/mol. The van der Waals surface area contributed by atoms with Crippen molar-refractivity contribution >= 4 is 45.1 Å². The number of carbonyl (C=O) groups excluding carboxylic acids is 1. The van der Waals surface area contributed by atoms with E-state index in [1.54, 1.807) is 17.0 Å². The van der Waals surface area contributed by atoms with Crippen molar-refractivity contribution in [3.05, 3.63) is 27.7 Å². The minimum absolute atomic E-state index is 0.0232. The molecule has 1 saturated heterocycles. The van der Waals surface area contributed by atoms with Gasteiger partial charge in [0.1, 0.15) is 0 Å². The van der Waals surface area contributed by atoms with Crippen molar-refractivity contribution in [2.75, 3.05) is 25.0 Å². The SMILES string of the molecule is O=C(O)C1CCN(C(=O)CNc2ccc(Cl)c(Br)c2)CC1. The Kier molecular flexibility index (Phi) is 5.47. The summed E-state index contributed by atoms with van der Waals surface area (Å²) in [5.41, 5.74) is 0.806. The van der Waals surface area contributed by atoms with E-state index in [0.717, 1.165) is 10.2 Å². The van der Waals surface area contributed by atoms with E-state index in [-0.39, 0.29) is 18.4 Å². The van der Waals surface area contributed by atoms with Crippen LogP contribution in [-0.4, -0.2) is 41.5 Å². The zero-order valence-electron chi connectivity index (χ0n) is 11.3. The summed E-state index contributed by atoms with van der Waals surface area (Å²) in [5, 5.41) is 12.6. The molecule has 1 aliphatic heterocycles. The molecule has 5 nitrogen and oxygen atoms in total. The fraction of sp³-hybridized carbons (Fsp3) is 0.429. The number of carbonyl (C=O) groups is 2. The van der Waals surface area contributed by atoms with Gasteiger partial charge >= 0.3 is 5.97 Å². The molecule has 0 unspecified atom stereocenters. The number of hydrogen-bond donors (Lipinski definition) is 2. The van der Waals surface area contributed by atoms with Crippen LogP contribution in [0.5, 0.6) is 0 Å². The Hall–Kier alpha value is -1.27. The Morgan fingerprint density at radius 1 is 1.38 bits per heavy atom. The van der Waals surface area contributed by atoms with Gasteiger partial charge in [-0.1, -0.05) is 11.6 Å². The lowest BCUT2D eigenvalue weighted by Crippen LogP contribution is -2.42. The largest absolute Gasteiger partial charge is 0.481 e. The average molecular weight is 376 g/mol. The van der Waals surface area contributed by atoms with Gasteiger partial charge in [-0.25, -0.2) is 0 Å². The zero-order valence-corrected chi connectivity index (χ0v) is 13.7. The van der Waals surface area contributed by atoms with E-state index in [1.165, 1.54) is 0 Å². The third-order valence-electron chi connectivity index (χ3n) is 3.56. The first kappa shape index (κ1) is 16.1. The van der Waals surface area contributed by atoms with E-state index < -0.39 is 5.97 Å². The van der Waals surface area contributed by atoms with Gasteiger partial charge in [-0.05, 0) is 47.0 Å². The van der Waals surface area contributed by atoms with E-state index in [9.17, 15) is 9.59 Å². The first-order valence-corrected chi connectivity index (χ1v) is 7.84. The second-order valence-electron chi connectivity index (χ2n) is 4.98. The van der Waals surface area contributed by atoms with E-state index in [0.29, 0.717) is 31.0 Å². The quantitative estimate of drug-likeness (QED) is 0.849. The first-order valence-electron chi connectivity index (χ1n) is 6.67. The molecule has 114 valence electrons. The van der Waals surface area contributed by atoms with Gasteiger partial charge in [-0.15, -0.1) is 0 Å². The molecule has 0 aromatic heterocycles. The third-order valence-corrected chi connectivity index (χ3v) is 4.77. The maximum atomic E-state index is 12.1. The fourth-order valence-electron chi connectivity index (χ4n) is 2.27. The fourth-order valence-corrected chi connectivity index (χ4v) is 2.77. The normalized spacial score (nSPS) is 15.8. The van der Waals surface area contributed by atoms with Crippen molar-refractivity contribution in [3.63, 3.8) is 0 Å². The number of anilines is 1. The molecule has 1 aromatic carbocycles. The summed E-state index contributed by atoms with van der Waals surface area (Å²) in [6.07, 6.45) is 1.04. The molecule has 0 saturated carbocycles. The molecule has 0 radical (unpaired) electrons. The van der Waals surface area contributed by atoms with Crippen molar-refractivity contribution in [2.24, 2.45) is 5.92 Å². The summed E-state index contributed by atoms with van der Waals surface area (Å²) in [6.45, 7) is 1.19. The molecule has 21 heavy (non-hydrogen) atoms. The molecule has 0 atom stereocenters. The summed E-state index contributed by atoms with van der Waals surface area (Å²) in [6, 6.07) is 5.36. The van der Waals surface area contributed by atoms with Crippen LogP contribution in [0.2, 0.25) is 5.02 Å². The molecule has 0 aliphatic carbocycles. The molecular weight excluding hydrogens is 360 g/mol. The molecule has 2 N–H and O–H groups in total. The number of halogens is 2. The highest BCUT2D eigenvalue weighted by Crippen LogP contribution is 2.25. The molecule has 1 heterocycles. The molecular formula is C14H16BrClN2O3. The molecule has 1 aliphatic rings. The van der Waals surface area contributed by atoms with E-state index in [2.05, 4.69) is 21.2 Å². The molecule has 0 spiro atoms. The van der Waals surface area contributed by atoms with Crippen LogP contribution in [0.25, 0.3) is 0 Å². The van der Waals surface area contributed by atoms with Crippen molar-refractivity contribution in [3.8, 4) is 0 Å². The molecule has 0 bridgehead atoms. The van der Waals surface area contributed by atoms with Crippen LogP contribution >= 0.6 is 27.5 Å². The van der Waals surface area contributed by atoms with Gasteiger partial charge in [0.15, 0.2) is 0 Å². The Morgan fingerprint density at radius 2 is 2.05 bits per heavy atom. The minimum atomic E-state index is -0.772. The van der Waals surface area contributed by atoms with E-state index in [4.69, 9.17) is 16.7 Å². The van der Waals surface area contributed by atoms with Crippen LogP contribution in [-0.2, 0) is 9.59 Å². The number of likely N-dealkylation sites (tertiary alicyclic amines) is 1. The summed E-state index contributed by atoms with van der Waals surface area (Å²) in [4.78, 5) is 24.7. The number of piperidine rings is 1. The van der Waals surface area contributed by atoms with Crippen LogP contribution in [0.4, 0.5) is 5.69 Å². The van der Waals surface area contributed by atoms with Gasteiger partial charge in [0.05, 0.1) is 17.5 Å². The number of nitrogens with one attached hydrogen (secondary N) is 1. The van der Waals surface area contributed by atoms with Crippen molar-refractivity contribution in [2.45, 2.75) is 12.8 Å². The second-order valence-corrected chi connectivity index (χ2v) is 6.24. The summed E-state index contributed by atoms with van der Waals surface area (Å²) in [5.74, 6) is -1.12. The number of carboxylic acid groups (broad SMARTS) is 1. The highest BCUT2D eigenvalue weighted by Gasteiger charge is 2.26. The highest BCUT2D eigenvalue weighted by molar-refractivity contribution is 9.10. The number of carboxylic acids is 1. The Labute approximate surface area is 136 Å². The molecule has 2 rings (SSSR count). The topological polar surface area (TPSA) is 69.6 Å². The first-order chi connectivity index (χ1) is 9.97. The highest BCUT2D eigenvalue weighted by atomic mass is 79.9. The Balaban J connectivity index is 1.82. The van der Waals surface area contributed by atoms with Crippen LogP contribution in [0.1, 0.15) is 12.8 Å². The number of rotatable bonds is 4. The third kappa shape index (κ3) is 4.35.